The number of hydrogen-bond donors (Lipinski definition) is 4. The van der Waals surface area contributed by atoms with Crippen LogP contribution in [0.25, 0.3) is 11.3 Å². The number of nitrogens with one attached hydrogen (secondary N) is 3. The Labute approximate surface area is 254 Å². The highest BCUT2D eigenvalue weighted by atomic mass is 19.1. The topological polar surface area (TPSA) is 110 Å². The lowest BCUT2D eigenvalue weighted by atomic mass is 9.93. The lowest BCUT2D eigenvalue weighted by Gasteiger charge is -2.23. The number of phenolic OH excluding ortho intramolecular Hbond substituents is 1. The molecule has 1 aliphatic rings. The summed E-state index contributed by atoms with van der Waals surface area (Å²) in [5.41, 5.74) is 6.52. The summed E-state index contributed by atoms with van der Waals surface area (Å²) in [5.74, 6) is -1.13. The van der Waals surface area contributed by atoms with E-state index in [2.05, 4.69) is 20.6 Å². The van der Waals surface area contributed by atoms with Crippen molar-refractivity contribution in [2.75, 3.05) is 25.5 Å². The van der Waals surface area contributed by atoms with Crippen LogP contribution in [0.4, 0.5) is 15.8 Å². The number of halogens is 1. The van der Waals surface area contributed by atoms with E-state index in [1.54, 1.807) is 41.4 Å². The first-order chi connectivity index (χ1) is 21.4. The number of carbonyl (C=O) groups excluding carboxylic acids is 2. The molecule has 6 rings (SSSR count). The van der Waals surface area contributed by atoms with Crippen molar-refractivity contribution in [2.24, 2.45) is 0 Å². The van der Waals surface area contributed by atoms with Crippen molar-refractivity contribution in [2.45, 2.75) is 18.8 Å². The molecule has 3 heterocycles. The summed E-state index contributed by atoms with van der Waals surface area (Å²) >= 11 is 0. The molecule has 222 valence electrons. The number of carbonyl (C=O) groups is 2. The predicted molar refractivity (Wildman–Crippen MR) is 168 cm³/mol. The number of aromatic nitrogens is 2. The molecule has 1 aliphatic heterocycles. The molecule has 3 aromatic carbocycles. The van der Waals surface area contributed by atoms with Crippen LogP contribution < -0.4 is 10.6 Å². The molecule has 1 atom stereocenters. The normalized spacial score (nSPS) is 13.3. The van der Waals surface area contributed by atoms with Gasteiger partial charge in [-0.15, -0.1) is 0 Å². The number of likely N-dealkylation sites (N-methyl/N-ethyl adjacent to an activating group) is 1. The van der Waals surface area contributed by atoms with E-state index >= 15 is 0 Å². The number of fused-ring (bicyclic) bond motifs is 1. The highest BCUT2D eigenvalue weighted by molar-refractivity contribution is 6.06. The zero-order valence-corrected chi connectivity index (χ0v) is 24.2. The Morgan fingerprint density at radius 3 is 2.57 bits per heavy atom. The van der Waals surface area contributed by atoms with Crippen molar-refractivity contribution in [3.8, 4) is 17.0 Å². The molecule has 0 bridgehead atoms. The average Bonchev–Trinajstić information content (AvgIpc) is 3.41. The number of amides is 2. The van der Waals surface area contributed by atoms with Gasteiger partial charge in [-0.25, -0.2) is 4.39 Å². The summed E-state index contributed by atoms with van der Waals surface area (Å²) in [5, 5.41) is 16.5. The van der Waals surface area contributed by atoms with Gasteiger partial charge in [0, 0.05) is 61.3 Å². The fraction of sp³-hybridized carbons (Fsp3) is 0.171. The van der Waals surface area contributed by atoms with Crippen LogP contribution in [0.15, 0.2) is 97.2 Å². The minimum atomic E-state index is -0.403. The fourth-order valence-electron chi connectivity index (χ4n) is 5.57. The number of pyridine rings is 1. The van der Waals surface area contributed by atoms with Crippen molar-refractivity contribution < 1.29 is 19.1 Å². The van der Waals surface area contributed by atoms with E-state index in [0.717, 1.165) is 33.9 Å². The van der Waals surface area contributed by atoms with Crippen LogP contribution in [0.5, 0.6) is 5.75 Å². The second kappa shape index (κ2) is 12.4. The van der Waals surface area contributed by atoms with Gasteiger partial charge in [-0.05, 0) is 60.5 Å². The Kier molecular flexibility index (Phi) is 8.10. The predicted octanol–water partition coefficient (Wildman–Crippen LogP) is 6.05. The summed E-state index contributed by atoms with van der Waals surface area (Å²) in [6.45, 7) is 0.868. The van der Waals surface area contributed by atoms with Crippen molar-refractivity contribution >= 4 is 23.2 Å². The third-order valence-electron chi connectivity index (χ3n) is 7.94. The van der Waals surface area contributed by atoms with E-state index in [0.29, 0.717) is 30.6 Å². The fourth-order valence-corrected chi connectivity index (χ4v) is 5.57. The molecule has 44 heavy (non-hydrogen) atoms. The maximum atomic E-state index is 13.8. The summed E-state index contributed by atoms with van der Waals surface area (Å²) < 4.78 is 13.8. The van der Waals surface area contributed by atoms with Crippen LogP contribution in [0.2, 0.25) is 0 Å². The van der Waals surface area contributed by atoms with Gasteiger partial charge in [0.05, 0.1) is 22.5 Å². The molecule has 0 saturated heterocycles. The van der Waals surface area contributed by atoms with Crippen molar-refractivity contribution in [1.82, 2.24) is 20.2 Å². The minimum absolute atomic E-state index is 0.0435. The molecular formula is C35H32FN5O3. The molecule has 0 spiro atoms. The molecule has 0 saturated carbocycles. The standard InChI is InChI=1S/C35H32FN5O3/c1-41-18-16-29-31(35(41)44)33(39-26-7-3-2-4-8-26)32(40-29)23-15-17-37-27(19-23)20-24(22-11-13-25(36)14-12-22)21-38-34(43)28-9-5-6-10-30(28)42/h2-15,17,19,24,39-40,42H,16,18,20-21H2,1H3,(H,38,43). The lowest BCUT2D eigenvalue weighted by molar-refractivity contribution is 0.0781. The Hall–Kier alpha value is -5.44. The highest BCUT2D eigenvalue weighted by Crippen LogP contribution is 2.38. The quantitative estimate of drug-likeness (QED) is 0.167. The monoisotopic (exact) mass is 589 g/mol. The van der Waals surface area contributed by atoms with E-state index in [4.69, 9.17) is 0 Å². The van der Waals surface area contributed by atoms with Gasteiger partial charge in [-0.3, -0.25) is 14.6 Å². The van der Waals surface area contributed by atoms with Gasteiger partial charge < -0.3 is 25.6 Å². The van der Waals surface area contributed by atoms with Gasteiger partial charge in [0.1, 0.15) is 11.6 Å². The van der Waals surface area contributed by atoms with Crippen LogP contribution in [-0.2, 0) is 12.8 Å². The molecule has 4 N–H and O–H groups in total. The first kappa shape index (κ1) is 28.7. The van der Waals surface area contributed by atoms with Crippen LogP contribution in [0.3, 0.4) is 0 Å². The van der Waals surface area contributed by atoms with Gasteiger partial charge >= 0.3 is 0 Å². The third-order valence-corrected chi connectivity index (χ3v) is 7.94. The van der Waals surface area contributed by atoms with E-state index in [9.17, 15) is 19.1 Å². The molecule has 2 amide bonds. The second-order valence-corrected chi connectivity index (χ2v) is 10.9. The SMILES string of the molecule is CN1CCc2[nH]c(-c3ccnc(CC(CNC(=O)c4ccccc4O)c4ccc(F)cc4)c3)c(Nc3ccccc3)c2C1=O. The molecular weight excluding hydrogens is 557 g/mol. The summed E-state index contributed by atoms with van der Waals surface area (Å²) in [7, 11) is 1.81. The average molecular weight is 590 g/mol. The van der Waals surface area contributed by atoms with E-state index in [1.807, 2.05) is 49.5 Å². The van der Waals surface area contributed by atoms with E-state index < -0.39 is 5.91 Å². The Morgan fingerprint density at radius 2 is 1.80 bits per heavy atom. The number of para-hydroxylation sites is 2. The molecule has 1 unspecified atom stereocenters. The van der Waals surface area contributed by atoms with Crippen molar-refractivity contribution in [3.63, 3.8) is 0 Å². The number of nitrogens with zero attached hydrogens (tertiary/aromatic N) is 2. The van der Waals surface area contributed by atoms with Gasteiger partial charge in [0.15, 0.2) is 0 Å². The first-order valence-electron chi connectivity index (χ1n) is 14.5. The summed E-state index contributed by atoms with van der Waals surface area (Å²) in [6, 6.07) is 26.2. The molecule has 0 aliphatic carbocycles. The Morgan fingerprint density at radius 1 is 1.05 bits per heavy atom. The minimum Gasteiger partial charge on any atom is -0.507 e. The zero-order chi connectivity index (χ0) is 30.6. The molecule has 2 aromatic heterocycles. The van der Waals surface area contributed by atoms with E-state index in [-0.39, 0.29) is 35.5 Å². The van der Waals surface area contributed by atoms with Crippen LogP contribution in [-0.4, -0.2) is 51.9 Å². The molecule has 9 heteroatoms. The molecule has 5 aromatic rings. The van der Waals surface area contributed by atoms with Crippen LogP contribution >= 0.6 is 0 Å². The smallest absolute Gasteiger partial charge is 0.257 e. The Balaban J connectivity index is 1.32. The maximum Gasteiger partial charge on any atom is 0.257 e. The summed E-state index contributed by atoms with van der Waals surface area (Å²) in [6.07, 6.45) is 2.89. The lowest BCUT2D eigenvalue weighted by Crippen LogP contribution is -2.34. The number of phenols is 1. The third kappa shape index (κ3) is 6.03. The van der Waals surface area contributed by atoms with Gasteiger partial charge in [-0.2, -0.15) is 0 Å². The molecule has 0 radical (unpaired) electrons. The molecule has 8 nitrogen and oxygen atoms in total. The number of aromatic amines is 1. The highest BCUT2D eigenvalue weighted by Gasteiger charge is 2.30. The van der Waals surface area contributed by atoms with Crippen LogP contribution in [0, 0.1) is 5.82 Å². The number of aromatic hydroxyl groups is 1. The van der Waals surface area contributed by atoms with Gasteiger partial charge in [-0.1, -0.05) is 42.5 Å². The number of rotatable bonds is 9. The van der Waals surface area contributed by atoms with E-state index in [1.165, 1.54) is 18.2 Å². The Bertz CT molecular complexity index is 1800. The first-order valence-corrected chi connectivity index (χ1v) is 14.5. The summed E-state index contributed by atoms with van der Waals surface area (Å²) in [4.78, 5) is 36.1. The second-order valence-electron chi connectivity index (χ2n) is 10.9. The van der Waals surface area contributed by atoms with Crippen LogP contribution in [0.1, 0.15) is 43.6 Å². The number of hydrogen-bond acceptors (Lipinski definition) is 5. The van der Waals surface area contributed by atoms with Gasteiger partial charge in [0.2, 0.25) is 0 Å². The number of anilines is 2. The molecule has 0 fully saturated rings. The maximum absolute atomic E-state index is 13.8. The van der Waals surface area contributed by atoms with Crippen molar-refractivity contribution in [3.05, 3.63) is 131 Å². The largest absolute Gasteiger partial charge is 0.507 e. The van der Waals surface area contributed by atoms with Crippen molar-refractivity contribution in [1.29, 1.82) is 0 Å². The van der Waals surface area contributed by atoms with Gasteiger partial charge in [0.25, 0.3) is 11.8 Å². The number of H-pyrrole nitrogens is 1. The zero-order valence-electron chi connectivity index (χ0n) is 24.2. The number of benzene rings is 3.